The number of aliphatic hydroxyl groups is 1. The molecule has 0 spiro atoms. The summed E-state index contributed by atoms with van der Waals surface area (Å²) in [6.07, 6.45) is 3.49. The number of anilines is 2. The van der Waals surface area contributed by atoms with Crippen molar-refractivity contribution in [1.82, 2.24) is 0 Å². The van der Waals surface area contributed by atoms with Gasteiger partial charge in [-0.1, -0.05) is 30.3 Å². The van der Waals surface area contributed by atoms with Gasteiger partial charge >= 0.3 is 0 Å². The van der Waals surface area contributed by atoms with Gasteiger partial charge < -0.3 is 49.1 Å². The second kappa shape index (κ2) is 14.1. The summed E-state index contributed by atoms with van der Waals surface area (Å²) in [5.41, 5.74) is 28.1. The summed E-state index contributed by atoms with van der Waals surface area (Å²) >= 11 is 0. The van der Waals surface area contributed by atoms with Crippen LogP contribution in [0.2, 0.25) is 0 Å². The summed E-state index contributed by atoms with van der Waals surface area (Å²) < 4.78 is 0. The molecule has 0 amide bonds. The lowest BCUT2D eigenvalue weighted by Gasteiger charge is -2.25. The van der Waals surface area contributed by atoms with Crippen molar-refractivity contribution in [1.29, 1.82) is 0 Å². The highest BCUT2D eigenvalue weighted by atomic mass is 16.3. The van der Waals surface area contributed by atoms with Crippen molar-refractivity contribution in [3.63, 3.8) is 0 Å². The summed E-state index contributed by atoms with van der Waals surface area (Å²) in [5, 5.41) is 35.3. The quantitative estimate of drug-likeness (QED) is 0.111. The second-order valence-electron chi connectivity index (χ2n) is 7.30. The first-order chi connectivity index (χ1) is 16.0. The first-order valence-corrected chi connectivity index (χ1v) is 10.2. The second-order valence-corrected chi connectivity index (χ2v) is 7.30. The van der Waals surface area contributed by atoms with Crippen LogP contribution < -0.4 is 28.7 Å². The maximum atomic E-state index is 9.20. The average molecular weight is 468 g/mol. The molecule has 14 N–H and O–H groups in total. The number of para-hydroxylation sites is 3. The van der Waals surface area contributed by atoms with E-state index in [-0.39, 0.29) is 17.3 Å². The number of benzene rings is 3. The lowest BCUT2D eigenvalue weighted by atomic mass is 9.95. The molecular weight excluding hydrogens is 434 g/mol. The largest absolute Gasteiger partial charge is 0.508 e. The normalized spacial score (nSPS) is 13.3. The molecule has 9 nitrogen and oxygen atoms in total. The molecule has 3 aromatic carbocycles. The average Bonchev–Trinajstić information content (AvgIpc) is 2.81. The van der Waals surface area contributed by atoms with Crippen LogP contribution in [0.4, 0.5) is 11.4 Å². The predicted molar refractivity (Wildman–Crippen MR) is 137 cm³/mol. The molecule has 0 saturated heterocycles. The van der Waals surface area contributed by atoms with Crippen molar-refractivity contribution >= 4 is 11.4 Å². The molecule has 34 heavy (non-hydrogen) atoms. The number of nitrogen functional groups attached to an aromatic ring is 2. The number of phenols is 3. The van der Waals surface area contributed by atoms with Crippen LogP contribution in [-0.2, 0) is 0 Å². The van der Waals surface area contributed by atoms with Crippen LogP contribution in [0.1, 0.15) is 6.42 Å². The summed E-state index contributed by atoms with van der Waals surface area (Å²) in [6, 6.07) is 21.8. The smallest absolute Gasteiger partial charge is 0.138 e. The van der Waals surface area contributed by atoms with Crippen molar-refractivity contribution in [2.45, 2.75) is 12.1 Å². The molecule has 0 fully saturated rings. The van der Waals surface area contributed by atoms with Crippen molar-refractivity contribution in [2.75, 3.05) is 18.0 Å². The van der Waals surface area contributed by atoms with E-state index in [1.54, 1.807) is 78.9 Å². The highest BCUT2D eigenvalue weighted by Crippen LogP contribution is 2.19. The zero-order chi connectivity index (χ0) is 25.6. The van der Waals surface area contributed by atoms with E-state index in [1.807, 2.05) is 6.07 Å². The number of rotatable bonds is 1. The van der Waals surface area contributed by atoms with E-state index in [9.17, 15) is 5.11 Å². The third-order valence-corrected chi connectivity index (χ3v) is 4.27. The molecule has 0 heterocycles. The molecule has 0 saturated carbocycles. The summed E-state index contributed by atoms with van der Waals surface area (Å²) in [5.74, 6) is 0.910. The van der Waals surface area contributed by atoms with E-state index >= 15 is 0 Å². The molecule has 0 atom stereocenters. The topological polar surface area (TPSA) is 211 Å². The molecule has 0 radical (unpaired) electrons. The van der Waals surface area contributed by atoms with E-state index in [2.05, 4.69) is 0 Å². The van der Waals surface area contributed by atoms with Crippen LogP contribution in [-0.4, -0.2) is 32.6 Å². The van der Waals surface area contributed by atoms with E-state index in [0.717, 1.165) is 0 Å². The third-order valence-electron chi connectivity index (χ3n) is 4.27. The zero-order valence-corrected chi connectivity index (χ0v) is 18.8. The number of aliphatic hydroxyl groups excluding tert-OH is 1. The first-order valence-electron chi connectivity index (χ1n) is 10.2. The van der Waals surface area contributed by atoms with Crippen LogP contribution in [0, 0.1) is 0 Å². The Morgan fingerprint density at radius 2 is 1.24 bits per heavy atom. The Kier molecular flexibility index (Phi) is 11.5. The summed E-state index contributed by atoms with van der Waals surface area (Å²) in [4.78, 5) is 0. The number of hydrogen-bond donors (Lipinski definition) is 9. The van der Waals surface area contributed by atoms with Gasteiger partial charge in [-0.05, 0) is 66.3 Å². The molecule has 9 heteroatoms. The first kappa shape index (κ1) is 27.9. The standard InChI is InChI=1S/C7H13N3O.2C6H7NO.C6H6O/c8-4-5-3-7(9,10)2-1-6(5)11;7-5-1-3-6(8)4-2-5;7-5-3-1-2-4-6(5)8;7-6-4-2-1-3-5-6/h1-2,11H,3-4,8-10H2;2*1-4,8H,7H2;1-5,7H. The van der Waals surface area contributed by atoms with Gasteiger partial charge in [0.2, 0.25) is 0 Å². The van der Waals surface area contributed by atoms with Crippen molar-refractivity contribution in [2.24, 2.45) is 17.2 Å². The number of allylic oxidation sites excluding steroid dienone is 1. The van der Waals surface area contributed by atoms with Crippen molar-refractivity contribution in [3.05, 3.63) is 102 Å². The van der Waals surface area contributed by atoms with Gasteiger partial charge in [-0.15, -0.1) is 0 Å². The van der Waals surface area contributed by atoms with Crippen LogP contribution in [0.25, 0.3) is 0 Å². The number of aromatic hydroxyl groups is 3. The molecule has 0 aliphatic heterocycles. The Bertz CT molecular complexity index is 1010. The highest BCUT2D eigenvalue weighted by molar-refractivity contribution is 5.50. The fourth-order valence-corrected chi connectivity index (χ4v) is 2.44. The zero-order valence-electron chi connectivity index (χ0n) is 18.8. The van der Waals surface area contributed by atoms with Gasteiger partial charge in [0, 0.05) is 18.7 Å². The highest BCUT2D eigenvalue weighted by Gasteiger charge is 2.22. The third kappa shape index (κ3) is 11.4. The van der Waals surface area contributed by atoms with Gasteiger partial charge in [0.25, 0.3) is 0 Å². The molecule has 1 aliphatic carbocycles. The van der Waals surface area contributed by atoms with E-state index < -0.39 is 5.66 Å². The predicted octanol–water partition coefficient (Wildman–Crippen LogP) is 2.67. The molecule has 1 aliphatic rings. The molecular formula is C25H33N5O4. The van der Waals surface area contributed by atoms with Gasteiger partial charge in [0.05, 0.1) is 11.4 Å². The SMILES string of the molecule is NCC1=C(O)C=CC(N)(N)C1.Nc1ccc(O)cc1.Nc1ccccc1O.Oc1ccccc1. The maximum Gasteiger partial charge on any atom is 0.138 e. The number of nitrogens with two attached hydrogens (primary N) is 5. The Morgan fingerprint density at radius 3 is 1.62 bits per heavy atom. The fraction of sp³-hybridized carbons (Fsp3) is 0.120. The monoisotopic (exact) mass is 467 g/mol. The van der Waals surface area contributed by atoms with Gasteiger partial charge in [0.1, 0.15) is 23.0 Å². The van der Waals surface area contributed by atoms with Crippen molar-refractivity contribution in [3.8, 4) is 17.2 Å². The van der Waals surface area contributed by atoms with Gasteiger partial charge in [0.15, 0.2) is 0 Å². The van der Waals surface area contributed by atoms with Crippen LogP contribution in [0.15, 0.2) is 102 Å². The molecule has 0 bridgehead atoms. The Labute approximate surface area is 199 Å². The minimum atomic E-state index is -0.846. The lowest BCUT2D eigenvalue weighted by Crippen LogP contribution is -2.49. The van der Waals surface area contributed by atoms with Crippen LogP contribution in [0.3, 0.4) is 0 Å². The van der Waals surface area contributed by atoms with Gasteiger partial charge in [-0.2, -0.15) is 0 Å². The van der Waals surface area contributed by atoms with Crippen LogP contribution in [0.5, 0.6) is 17.2 Å². The Hall–Kier alpha value is -4.18. The molecule has 4 rings (SSSR count). The molecule has 182 valence electrons. The maximum absolute atomic E-state index is 9.20. The minimum absolute atomic E-state index is 0.146. The minimum Gasteiger partial charge on any atom is -0.508 e. The van der Waals surface area contributed by atoms with Crippen LogP contribution >= 0.6 is 0 Å². The summed E-state index contributed by atoms with van der Waals surface area (Å²) in [7, 11) is 0. The molecule has 3 aromatic rings. The molecule has 0 unspecified atom stereocenters. The molecule has 0 aromatic heterocycles. The van der Waals surface area contributed by atoms with E-state index in [4.69, 9.17) is 44.0 Å². The number of phenolic OH excluding ortho intramolecular Hbond substituents is 3. The van der Waals surface area contributed by atoms with Gasteiger partial charge in [-0.25, -0.2) is 0 Å². The fourth-order valence-electron chi connectivity index (χ4n) is 2.44. The van der Waals surface area contributed by atoms with Crippen molar-refractivity contribution < 1.29 is 20.4 Å². The van der Waals surface area contributed by atoms with Gasteiger partial charge in [-0.3, -0.25) is 0 Å². The Balaban J connectivity index is 0.000000230. The van der Waals surface area contributed by atoms with E-state index in [0.29, 0.717) is 35.7 Å². The summed E-state index contributed by atoms with van der Waals surface area (Å²) in [6.45, 7) is 0.298. The van der Waals surface area contributed by atoms with E-state index in [1.165, 1.54) is 6.08 Å². The lowest BCUT2D eigenvalue weighted by molar-refractivity contribution is 0.401. The number of hydrogen-bond acceptors (Lipinski definition) is 9. The Morgan fingerprint density at radius 1 is 0.706 bits per heavy atom.